The number of benzene rings is 2. The molecule has 4 nitrogen and oxygen atoms in total. The molecule has 0 radical (unpaired) electrons. The van der Waals surface area contributed by atoms with Gasteiger partial charge in [0.25, 0.3) is 0 Å². The molecule has 0 saturated heterocycles. The molecule has 0 unspecified atom stereocenters. The predicted octanol–water partition coefficient (Wildman–Crippen LogP) is 5.97. The predicted molar refractivity (Wildman–Crippen MR) is 111 cm³/mol. The number of carboxylic acids is 1. The van der Waals surface area contributed by atoms with Crippen LogP contribution in [0.5, 0.6) is 0 Å². The van der Waals surface area contributed by atoms with Gasteiger partial charge in [0.05, 0.1) is 18.2 Å². The molecule has 1 N–H and O–H groups in total. The number of ether oxygens (including phenoxy) is 1. The van der Waals surface area contributed by atoms with Crippen molar-refractivity contribution in [1.82, 2.24) is 0 Å². The first-order valence-electron chi connectivity index (χ1n) is 10.3. The van der Waals surface area contributed by atoms with Gasteiger partial charge in [-0.25, -0.2) is 18.4 Å². The number of aromatic carboxylic acids is 1. The first-order valence-corrected chi connectivity index (χ1v) is 10.3. The Kier molecular flexibility index (Phi) is 9.45. The molecule has 6 heteroatoms. The van der Waals surface area contributed by atoms with Crippen molar-refractivity contribution in [3.63, 3.8) is 0 Å². The molecule has 0 aliphatic rings. The van der Waals surface area contributed by atoms with E-state index in [-0.39, 0.29) is 11.1 Å². The van der Waals surface area contributed by atoms with Gasteiger partial charge in [0.2, 0.25) is 0 Å². The summed E-state index contributed by atoms with van der Waals surface area (Å²) >= 11 is 0. The molecule has 0 fully saturated rings. The van der Waals surface area contributed by atoms with Crippen molar-refractivity contribution < 1.29 is 28.2 Å². The maximum Gasteiger partial charge on any atom is 0.340 e. The van der Waals surface area contributed by atoms with Crippen LogP contribution in [0.4, 0.5) is 8.78 Å². The summed E-state index contributed by atoms with van der Waals surface area (Å²) in [5, 5.41) is 8.83. The third-order valence-corrected chi connectivity index (χ3v) is 5.13. The molecule has 0 heterocycles. The molecule has 2 aromatic rings. The molecule has 30 heavy (non-hydrogen) atoms. The minimum absolute atomic E-state index is 0.0400. The second kappa shape index (κ2) is 12.1. The minimum Gasteiger partial charge on any atom is -0.478 e. The highest BCUT2D eigenvalue weighted by Gasteiger charge is 2.12. The SMILES string of the molecule is COC(=O)c1ccc(CCCCCCCCCc2ccc(C(=O)O)c(F)c2)cc1F. The Balaban J connectivity index is 1.56. The van der Waals surface area contributed by atoms with Gasteiger partial charge >= 0.3 is 11.9 Å². The summed E-state index contributed by atoms with van der Waals surface area (Å²) in [5.74, 6) is -3.14. The zero-order valence-corrected chi connectivity index (χ0v) is 17.3. The lowest BCUT2D eigenvalue weighted by Gasteiger charge is -2.06. The normalized spacial score (nSPS) is 10.8. The van der Waals surface area contributed by atoms with Crippen molar-refractivity contribution in [2.24, 2.45) is 0 Å². The number of unbranched alkanes of at least 4 members (excludes halogenated alkanes) is 6. The van der Waals surface area contributed by atoms with Gasteiger partial charge in [-0.1, -0.05) is 44.2 Å². The molecule has 0 bridgehead atoms. The van der Waals surface area contributed by atoms with Crippen LogP contribution in [0.25, 0.3) is 0 Å². The fraction of sp³-hybridized carbons (Fsp3) is 0.417. The van der Waals surface area contributed by atoms with E-state index < -0.39 is 23.6 Å². The number of rotatable bonds is 12. The summed E-state index contributed by atoms with van der Waals surface area (Å²) in [4.78, 5) is 22.2. The van der Waals surface area contributed by atoms with Crippen molar-refractivity contribution in [2.45, 2.75) is 57.8 Å². The second-order valence-electron chi connectivity index (χ2n) is 7.40. The van der Waals surface area contributed by atoms with Crippen molar-refractivity contribution in [3.05, 3.63) is 70.3 Å². The summed E-state index contributed by atoms with van der Waals surface area (Å²) in [5.41, 5.74) is 1.37. The number of esters is 1. The molecule has 0 atom stereocenters. The maximum atomic E-state index is 13.9. The average molecular weight is 418 g/mol. The van der Waals surface area contributed by atoms with Crippen LogP contribution in [0, 0.1) is 11.6 Å². The van der Waals surface area contributed by atoms with Gasteiger partial charge in [-0.15, -0.1) is 0 Å². The lowest BCUT2D eigenvalue weighted by atomic mass is 10.0. The number of hydrogen-bond donors (Lipinski definition) is 1. The van der Waals surface area contributed by atoms with Crippen LogP contribution in [0.15, 0.2) is 36.4 Å². The van der Waals surface area contributed by atoms with Crippen LogP contribution in [-0.2, 0) is 17.6 Å². The van der Waals surface area contributed by atoms with Crippen LogP contribution >= 0.6 is 0 Å². The zero-order chi connectivity index (χ0) is 21.9. The van der Waals surface area contributed by atoms with Crippen LogP contribution in [0.3, 0.4) is 0 Å². The lowest BCUT2D eigenvalue weighted by Crippen LogP contribution is -2.04. The highest BCUT2D eigenvalue weighted by atomic mass is 19.1. The second-order valence-corrected chi connectivity index (χ2v) is 7.40. The number of carbonyl (C=O) groups excluding carboxylic acids is 1. The average Bonchev–Trinajstić information content (AvgIpc) is 2.72. The molecule has 0 aromatic heterocycles. The molecular weight excluding hydrogens is 390 g/mol. The molecule has 2 aromatic carbocycles. The van der Waals surface area contributed by atoms with Gasteiger partial charge in [0.15, 0.2) is 0 Å². The molecule has 0 aliphatic heterocycles. The lowest BCUT2D eigenvalue weighted by molar-refractivity contribution is 0.0594. The Morgan fingerprint density at radius 2 is 1.20 bits per heavy atom. The zero-order valence-electron chi connectivity index (χ0n) is 17.3. The third kappa shape index (κ3) is 7.25. The van der Waals surface area contributed by atoms with Crippen LogP contribution in [0.1, 0.15) is 76.8 Å². The molecule has 0 aliphatic carbocycles. The van der Waals surface area contributed by atoms with E-state index in [0.29, 0.717) is 0 Å². The van der Waals surface area contributed by atoms with E-state index in [1.165, 1.54) is 31.4 Å². The minimum atomic E-state index is -1.25. The van der Waals surface area contributed by atoms with Crippen LogP contribution in [0.2, 0.25) is 0 Å². The van der Waals surface area contributed by atoms with Crippen molar-refractivity contribution in [1.29, 1.82) is 0 Å². The Labute approximate surface area is 175 Å². The van der Waals surface area contributed by atoms with Crippen molar-refractivity contribution in [3.8, 4) is 0 Å². The summed E-state index contributed by atoms with van der Waals surface area (Å²) in [6.07, 6.45) is 8.83. The standard InChI is InChI=1S/C24H28F2O4/c1-30-24(29)20-14-12-18(16-22(20)26)10-8-6-4-2-3-5-7-9-17-11-13-19(23(27)28)21(25)15-17/h11-16H,2-10H2,1H3,(H,27,28). The summed E-state index contributed by atoms with van der Waals surface area (Å²) < 4.78 is 32.1. The quantitative estimate of drug-likeness (QED) is 0.341. The fourth-order valence-electron chi connectivity index (χ4n) is 3.42. The van der Waals surface area contributed by atoms with E-state index in [1.54, 1.807) is 12.1 Å². The fourth-order valence-corrected chi connectivity index (χ4v) is 3.42. The number of halogens is 2. The van der Waals surface area contributed by atoms with E-state index in [2.05, 4.69) is 4.74 Å². The smallest absolute Gasteiger partial charge is 0.340 e. The maximum absolute atomic E-state index is 13.9. The highest BCUT2D eigenvalue weighted by molar-refractivity contribution is 5.89. The molecule has 0 spiro atoms. The van der Waals surface area contributed by atoms with Crippen LogP contribution in [-0.4, -0.2) is 24.2 Å². The Bertz CT molecular complexity index is 864. The summed E-state index contributed by atoms with van der Waals surface area (Å²) in [6.45, 7) is 0. The number of hydrogen-bond acceptors (Lipinski definition) is 3. The van der Waals surface area contributed by atoms with Gasteiger partial charge in [-0.05, 0) is 61.1 Å². The number of carbonyl (C=O) groups is 2. The molecule has 2 rings (SSSR count). The Hall–Kier alpha value is -2.76. The molecular formula is C24H28F2O4. The topological polar surface area (TPSA) is 63.6 Å². The first-order chi connectivity index (χ1) is 14.4. The number of aryl methyl sites for hydroxylation is 2. The summed E-state index contributed by atoms with van der Waals surface area (Å²) in [6, 6.07) is 8.94. The van der Waals surface area contributed by atoms with Gasteiger partial charge < -0.3 is 9.84 Å². The first kappa shape index (κ1) is 23.5. The third-order valence-electron chi connectivity index (χ3n) is 5.13. The van der Waals surface area contributed by atoms with E-state index >= 15 is 0 Å². The van der Waals surface area contributed by atoms with Gasteiger partial charge in [-0.3, -0.25) is 0 Å². The van der Waals surface area contributed by atoms with E-state index in [1.807, 2.05) is 0 Å². The molecule has 0 amide bonds. The van der Waals surface area contributed by atoms with E-state index in [4.69, 9.17) is 5.11 Å². The van der Waals surface area contributed by atoms with Crippen molar-refractivity contribution in [2.75, 3.05) is 7.11 Å². The summed E-state index contributed by atoms with van der Waals surface area (Å²) in [7, 11) is 1.23. The number of methoxy groups -OCH3 is 1. The monoisotopic (exact) mass is 418 g/mol. The van der Waals surface area contributed by atoms with Gasteiger partial charge in [0.1, 0.15) is 11.6 Å². The van der Waals surface area contributed by atoms with Crippen molar-refractivity contribution >= 4 is 11.9 Å². The van der Waals surface area contributed by atoms with Crippen LogP contribution < -0.4 is 0 Å². The molecule has 162 valence electrons. The van der Waals surface area contributed by atoms with E-state index in [0.717, 1.165) is 68.9 Å². The largest absolute Gasteiger partial charge is 0.478 e. The number of carboxylic acid groups (broad SMARTS) is 1. The Morgan fingerprint density at radius 3 is 1.60 bits per heavy atom. The van der Waals surface area contributed by atoms with Gasteiger partial charge in [0, 0.05) is 0 Å². The van der Waals surface area contributed by atoms with Gasteiger partial charge in [-0.2, -0.15) is 0 Å². The molecule has 0 saturated carbocycles. The van der Waals surface area contributed by atoms with E-state index in [9.17, 15) is 18.4 Å². The Morgan fingerprint density at radius 1 is 0.767 bits per heavy atom. The highest BCUT2D eigenvalue weighted by Crippen LogP contribution is 2.17.